The van der Waals surface area contributed by atoms with Gasteiger partial charge >= 0.3 is 0 Å². The molecule has 0 saturated heterocycles. The van der Waals surface area contributed by atoms with Gasteiger partial charge in [0, 0.05) is 4.47 Å². The van der Waals surface area contributed by atoms with Gasteiger partial charge in [-0.15, -0.1) is 0 Å². The number of halogens is 1. The fraction of sp³-hybridized carbons (Fsp3) is 0.125. The molecule has 0 spiro atoms. The van der Waals surface area contributed by atoms with Gasteiger partial charge in [-0.1, -0.05) is 15.9 Å². The van der Waals surface area contributed by atoms with Crippen LogP contribution in [-0.4, -0.2) is 20.1 Å². The van der Waals surface area contributed by atoms with Crippen molar-refractivity contribution in [3.63, 3.8) is 0 Å². The first-order chi connectivity index (χ1) is 6.83. The molecular weight excluding hydrogens is 284 g/mol. The Balaban J connectivity index is 3.26. The lowest BCUT2D eigenvalue weighted by atomic mass is 10.3. The van der Waals surface area contributed by atoms with Gasteiger partial charge in [-0.2, -0.15) is 0 Å². The molecule has 0 aliphatic carbocycles. The summed E-state index contributed by atoms with van der Waals surface area (Å²) in [5.41, 5.74) is 10.4. The average molecular weight is 293 g/mol. The van der Waals surface area contributed by atoms with E-state index in [9.17, 15) is 13.2 Å². The first-order valence-electron chi connectivity index (χ1n) is 3.89. The molecule has 0 bridgehead atoms. The number of nitrogen functional groups attached to an aromatic ring is 1. The molecule has 0 heterocycles. The number of carbonyl (C=O) groups excluding carboxylic acids is 1. The first-order valence-corrected chi connectivity index (χ1v) is 6.33. The van der Waals surface area contributed by atoms with Crippen LogP contribution in [0, 0.1) is 0 Å². The van der Waals surface area contributed by atoms with E-state index >= 15 is 0 Å². The molecule has 0 fully saturated rings. The Morgan fingerprint density at radius 1 is 1.40 bits per heavy atom. The topological polar surface area (TPSA) is 103 Å². The van der Waals surface area contributed by atoms with Crippen molar-refractivity contribution in [3.8, 4) is 0 Å². The fourth-order valence-corrected chi connectivity index (χ4v) is 2.82. The minimum atomic E-state index is -3.74. The fourth-order valence-electron chi connectivity index (χ4n) is 1.04. The van der Waals surface area contributed by atoms with E-state index in [1.54, 1.807) is 6.07 Å². The number of sulfone groups is 1. The number of rotatable bonds is 3. The van der Waals surface area contributed by atoms with Crippen molar-refractivity contribution in [1.82, 2.24) is 0 Å². The van der Waals surface area contributed by atoms with Crippen LogP contribution in [-0.2, 0) is 14.6 Å². The van der Waals surface area contributed by atoms with Crippen molar-refractivity contribution in [1.29, 1.82) is 0 Å². The first kappa shape index (κ1) is 12.0. The van der Waals surface area contributed by atoms with Crippen LogP contribution in [0.1, 0.15) is 0 Å². The van der Waals surface area contributed by atoms with Gasteiger partial charge in [0.05, 0.1) is 10.6 Å². The highest BCUT2D eigenvalue weighted by molar-refractivity contribution is 9.10. The van der Waals surface area contributed by atoms with Crippen LogP contribution in [0.15, 0.2) is 27.6 Å². The number of nitrogens with two attached hydrogens (primary N) is 2. The highest BCUT2D eigenvalue weighted by atomic mass is 79.9. The second-order valence-electron chi connectivity index (χ2n) is 2.91. The van der Waals surface area contributed by atoms with Crippen molar-refractivity contribution in [2.45, 2.75) is 4.90 Å². The van der Waals surface area contributed by atoms with E-state index in [2.05, 4.69) is 15.9 Å². The second-order valence-corrected chi connectivity index (χ2v) is 5.78. The third kappa shape index (κ3) is 2.93. The van der Waals surface area contributed by atoms with Crippen LogP contribution in [0.2, 0.25) is 0 Å². The Morgan fingerprint density at radius 2 is 2.00 bits per heavy atom. The lowest BCUT2D eigenvalue weighted by molar-refractivity contribution is -0.115. The van der Waals surface area contributed by atoms with Crippen molar-refractivity contribution in [2.75, 3.05) is 11.5 Å². The van der Waals surface area contributed by atoms with Gasteiger partial charge in [-0.25, -0.2) is 8.42 Å². The molecule has 0 aromatic heterocycles. The van der Waals surface area contributed by atoms with Crippen molar-refractivity contribution < 1.29 is 13.2 Å². The van der Waals surface area contributed by atoms with Crippen LogP contribution in [0.4, 0.5) is 5.69 Å². The molecule has 0 unspecified atom stereocenters. The zero-order chi connectivity index (χ0) is 11.6. The van der Waals surface area contributed by atoms with Gasteiger partial charge in [0.15, 0.2) is 9.84 Å². The molecular formula is C8H9BrN2O3S. The molecule has 0 aliphatic heterocycles. The number of primary amides is 1. The van der Waals surface area contributed by atoms with E-state index in [4.69, 9.17) is 11.5 Å². The Kier molecular flexibility index (Phi) is 3.35. The molecule has 1 rings (SSSR count). The molecule has 82 valence electrons. The van der Waals surface area contributed by atoms with E-state index < -0.39 is 21.5 Å². The van der Waals surface area contributed by atoms with Gasteiger partial charge in [-0.3, -0.25) is 4.79 Å². The van der Waals surface area contributed by atoms with E-state index in [1.807, 2.05) is 0 Å². The third-order valence-corrected chi connectivity index (χ3v) is 3.82. The molecule has 5 nitrogen and oxygen atoms in total. The van der Waals surface area contributed by atoms with Crippen LogP contribution in [0.3, 0.4) is 0 Å². The summed E-state index contributed by atoms with van der Waals surface area (Å²) in [6.45, 7) is 0. The van der Waals surface area contributed by atoms with E-state index in [0.29, 0.717) is 4.47 Å². The van der Waals surface area contributed by atoms with Gasteiger partial charge in [0.2, 0.25) is 5.91 Å². The van der Waals surface area contributed by atoms with Gasteiger partial charge < -0.3 is 11.5 Å². The average Bonchev–Trinajstić information content (AvgIpc) is 2.06. The highest BCUT2D eigenvalue weighted by Crippen LogP contribution is 2.23. The monoisotopic (exact) mass is 292 g/mol. The highest BCUT2D eigenvalue weighted by Gasteiger charge is 2.20. The maximum Gasteiger partial charge on any atom is 0.233 e. The Labute approximate surface area is 95.5 Å². The summed E-state index contributed by atoms with van der Waals surface area (Å²) in [4.78, 5) is 10.5. The van der Waals surface area contributed by atoms with Crippen LogP contribution in [0.5, 0.6) is 0 Å². The van der Waals surface area contributed by atoms with Crippen molar-refractivity contribution >= 4 is 37.4 Å². The Bertz CT molecular complexity index is 499. The van der Waals surface area contributed by atoms with E-state index in [-0.39, 0.29) is 10.6 Å². The maximum atomic E-state index is 11.6. The molecule has 1 aromatic rings. The number of benzene rings is 1. The molecule has 4 N–H and O–H groups in total. The number of hydrogen-bond donors (Lipinski definition) is 2. The summed E-state index contributed by atoms with van der Waals surface area (Å²) in [6, 6.07) is 4.39. The van der Waals surface area contributed by atoms with E-state index in [1.165, 1.54) is 12.1 Å². The standard InChI is InChI=1S/C8H9BrN2O3S/c9-5-1-2-6(10)7(3-5)15(13,14)4-8(11)12/h1-3H,4,10H2,(H2,11,12). The minimum absolute atomic E-state index is 0.0873. The SMILES string of the molecule is NC(=O)CS(=O)(=O)c1cc(Br)ccc1N. The zero-order valence-electron chi connectivity index (χ0n) is 7.60. The van der Waals surface area contributed by atoms with Crippen molar-refractivity contribution in [2.24, 2.45) is 5.73 Å². The van der Waals surface area contributed by atoms with E-state index in [0.717, 1.165) is 0 Å². The summed E-state index contributed by atoms with van der Waals surface area (Å²) >= 11 is 3.12. The summed E-state index contributed by atoms with van der Waals surface area (Å²) < 4.78 is 23.8. The maximum absolute atomic E-state index is 11.6. The summed E-state index contributed by atoms with van der Waals surface area (Å²) in [5.74, 6) is -1.65. The number of amides is 1. The summed E-state index contributed by atoms with van der Waals surface area (Å²) in [7, 11) is -3.74. The third-order valence-electron chi connectivity index (χ3n) is 1.64. The minimum Gasteiger partial charge on any atom is -0.398 e. The number of hydrogen-bond acceptors (Lipinski definition) is 4. The van der Waals surface area contributed by atoms with Gasteiger partial charge in [-0.05, 0) is 18.2 Å². The molecule has 0 radical (unpaired) electrons. The van der Waals surface area contributed by atoms with Gasteiger partial charge in [0.25, 0.3) is 0 Å². The predicted octanol–water partition coefficient (Wildman–Crippen LogP) is 0.290. The smallest absolute Gasteiger partial charge is 0.233 e. The quantitative estimate of drug-likeness (QED) is 0.782. The molecule has 0 aliphatic rings. The van der Waals surface area contributed by atoms with Gasteiger partial charge in [0.1, 0.15) is 5.75 Å². The van der Waals surface area contributed by atoms with Crippen molar-refractivity contribution in [3.05, 3.63) is 22.7 Å². The van der Waals surface area contributed by atoms with Crippen LogP contribution in [0.25, 0.3) is 0 Å². The largest absolute Gasteiger partial charge is 0.398 e. The normalized spacial score (nSPS) is 11.3. The van der Waals surface area contributed by atoms with Crippen LogP contribution >= 0.6 is 15.9 Å². The lowest BCUT2D eigenvalue weighted by Crippen LogP contribution is -2.23. The number of anilines is 1. The molecule has 7 heteroatoms. The molecule has 1 aromatic carbocycles. The molecule has 15 heavy (non-hydrogen) atoms. The Hall–Kier alpha value is -1.08. The zero-order valence-corrected chi connectivity index (χ0v) is 10.0. The predicted molar refractivity (Wildman–Crippen MR) is 59.8 cm³/mol. The second kappa shape index (κ2) is 4.19. The molecule has 0 atom stereocenters. The molecule has 1 amide bonds. The lowest BCUT2D eigenvalue weighted by Gasteiger charge is -2.05. The Morgan fingerprint density at radius 3 is 2.53 bits per heavy atom. The van der Waals surface area contributed by atoms with Crippen LogP contribution < -0.4 is 11.5 Å². The number of carbonyl (C=O) groups is 1. The summed E-state index contributed by atoms with van der Waals surface area (Å²) in [5, 5.41) is 0. The molecule has 0 saturated carbocycles. The summed E-state index contributed by atoms with van der Waals surface area (Å²) in [6.07, 6.45) is 0.